The van der Waals surface area contributed by atoms with Crippen molar-refractivity contribution in [2.75, 3.05) is 12.4 Å². The Labute approximate surface area is 163 Å². The first-order chi connectivity index (χ1) is 13.5. The van der Waals surface area contributed by atoms with E-state index in [4.69, 9.17) is 9.15 Å². The molecule has 0 saturated carbocycles. The summed E-state index contributed by atoms with van der Waals surface area (Å²) in [5.74, 6) is 0.398. The van der Waals surface area contributed by atoms with Gasteiger partial charge in [0.15, 0.2) is 11.7 Å². The van der Waals surface area contributed by atoms with Gasteiger partial charge < -0.3 is 19.6 Å². The van der Waals surface area contributed by atoms with Crippen LogP contribution in [0.1, 0.15) is 28.0 Å². The van der Waals surface area contributed by atoms with Gasteiger partial charge in [-0.25, -0.2) is 0 Å². The van der Waals surface area contributed by atoms with Gasteiger partial charge in [0, 0.05) is 18.4 Å². The largest absolute Gasteiger partial charge is 0.465 e. The van der Waals surface area contributed by atoms with Gasteiger partial charge >= 0.3 is 0 Å². The van der Waals surface area contributed by atoms with E-state index in [9.17, 15) is 9.90 Å². The van der Waals surface area contributed by atoms with Crippen molar-refractivity contribution in [1.82, 2.24) is 0 Å². The molecule has 3 aromatic rings. The number of hydrogen-bond acceptors (Lipinski definition) is 4. The molecule has 5 heteroatoms. The molecule has 1 amide bonds. The first-order valence-electron chi connectivity index (χ1n) is 9.02. The smallest absolute Gasteiger partial charge is 0.257 e. The van der Waals surface area contributed by atoms with Crippen LogP contribution < -0.4 is 5.32 Å². The third-order valence-corrected chi connectivity index (χ3v) is 5.11. The summed E-state index contributed by atoms with van der Waals surface area (Å²) in [6.07, 6.45) is 4.38. The number of fused-ring (bicyclic) bond motifs is 1. The first-order valence-corrected chi connectivity index (χ1v) is 9.02. The lowest BCUT2D eigenvalue weighted by Gasteiger charge is -2.40. The number of nitrogens with one attached hydrogen (secondary N) is 1. The number of hydrogen-bond donors (Lipinski definition) is 2. The maximum absolute atomic E-state index is 12.6. The number of anilines is 1. The zero-order valence-electron chi connectivity index (χ0n) is 15.7. The number of furan rings is 1. The lowest BCUT2D eigenvalue weighted by Crippen LogP contribution is -2.52. The summed E-state index contributed by atoms with van der Waals surface area (Å²) in [5.41, 5.74) is 2.06. The van der Waals surface area contributed by atoms with E-state index >= 15 is 0 Å². The van der Waals surface area contributed by atoms with Crippen LogP contribution in [0.3, 0.4) is 0 Å². The van der Waals surface area contributed by atoms with Crippen LogP contribution in [0.4, 0.5) is 5.69 Å². The Balaban J connectivity index is 1.83. The summed E-state index contributed by atoms with van der Waals surface area (Å²) < 4.78 is 10.9. The fourth-order valence-corrected chi connectivity index (χ4v) is 3.62. The normalized spacial score (nSPS) is 21.5. The van der Waals surface area contributed by atoms with Crippen LogP contribution in [0.15, 0.2) is 65.3 Å². The molecular formula is C23H21NO4. The van der Waals surface area contributed by atoms with Crippen molar-refractivity contribution in [1.29, 1.82) is 0 Å². The van der Waals surface area contributed by atoms with Gasteiger partial charge in [-0.05, 0) is 47.9 Å². The lowest BCUT2D eigenvalue weighted by molar-refractivity contribution is -0.142. The second-order valence-corrected chi connectivity index (χ2v) is 6.84. The molecule has 5 nitrogen and oxygen atoms in total. The Morgan fingerprint density at radius 1 is 1.14 bits per heavy atom. The van der Waals surface area contributed by atoms with E-state index in [0.29, 0.717) is 16.8 Å². The van der Waals surface area contributed by atoms with Crippen molar-refractivity contribution < 1.29 is 19.1 Å². The predicted molar refractivity (Wildman–Crippen MR) is 108 cm³/mol. The molecule has 1 aromatic heterocycles. The molecule has 2 heterocycles. The van der Waals surface area contributed by atoms with E-state index < -0.39 is 11.7 Å². The van der Waals surface area contributed by atoms with E-state index in [2.05, 4.69) is 5.32 Å². The number of amides is 1. The molecule has 0 saturated heterocycles. The Morgan fingerprint density at radius 2 is 1.93 bits per heavy atom. The van der Waals surface area contributed by atoms with Crippen molar-refractivity contribution in [3.05, 3.63) is 88.9 Å². The molecule has 2 aromatic carbocycles. The van der Waals surface area contributed by atoms with Crippen LogP contribution in [0.2, 0.25) is 0 Å². The van der Waals surface area contributed by atoms with Crippen LogP contribution in [-0.4, -0.2) is 24.2 Å². The molecule has 0 bridgehead atoms. The molecule has 1 aliphatic rings. The quantitative estimate of drug-likeness (QED) is 0.724. The number of carbonyl (C=O) groups is 1. The number of aliphatic hydroxyl groups is 1. The molecular weight excluding hydrogens is 354 g/mol. The maximum atomic E-state index is 12.6. The zero-order chi connectivity index (χ0) is 19.7. The van der Waals surface area contributed by atoms with Gasteiger partial charge in [-0.1, -0.05) is 42.5 Å². The highest BCUT2D eigenvalue weighted by atomic mass is 16.5. The van der Waals surface area contributed by atoms with Crippen LogP contribution in [0.5, 0.6) is 0 Å². The highest BCUT2D eigenvalue weighted by molar-refractivity contribution is 6.00. The molecule has 4 rings (SSSR count). The molecule has 2 atom stereocenters. The standard InChI is InChI=1S/C23H21NO4/c1-15-12-13-28-20(15)11-9-16-8-10-19-18(14-16)23(26,17-6-4-3-5-7-17)21(27-2)22(25)24-19/h3-14,21,26H,1-2H3,(H,24,25). The van der Waals surface area contributed by atoms with Crippen molar-refractivity contribution in [3.63, 3.8) is 0 Å². The zero-order valence-corrected chi connectivity index (χ0v) is 15.7. The van der Waals surface area contributed by atoms with E-state index in [1.165, 1.54) is 7.11 Å². The van der Waals surface area contributed by atoms with Crippen LogP contribution in [-0.2, 0) is 15.1 Å². The number of methoxy groups -OCH3 is 1. The van der Waals surface area contributed by atoms with Crippen LogP contribution in [0, 0.1) is 6.92 Å². The summed E-state index contributed by atoms with van der Waals surface area (Å²) in [6.45, 7) is 1.98. The van der Waals surface area contributed by atoms with E-state index in [0.717, 1.165) is 16.9 Å². The molecule has 0 radical (unpaired) electrons. The highest BCUT2D eigenvalue weighted by Crippen LogP contribution is 2.42. The number of aryl methyl sites for hydroxylation is 1. The third kappa shape index (κ3) is 2.95. The summed E-state index contributed by atoms with van der Waals surface area (Å²) in [7, 11) is 1.42. The molecule has 1 aliphatic heterocycles. The molecule has 2 N–H and O–H groups in total. The van der Waals surface area contributed by atoms with Gasteiger partial charge in [-0.3, -0.25) is 4.79 Å². The Kier molecular flexibility index (Phi) is 4.63. The minimum absolute atomic E-state index is 0.379. The van der Waals surface area contributed by atoms with Gasteiger partial charge in [0.05, 0.1) is 6.26 Å². The summed E-state index contributed by atoms with van der Waals surface area (Å²) >= 11 is 0. The Bertz CT molecular complexity index is 1040. The molecule has 0 spiro atoms. The van der Waals surface area contributed by atoms with E-state index in [1.54, 1.807) is 24.5 Å². The van der Waals surface area contributed by atoms with Gasteiger partial charge in [0.2, 0.25) is 0 Å². The highest BCUT2D eigenvalue weighted by Gasteiger charge is 2.49. The van der Waals surface area contributed by atoms with Crippen LogP contribution in [0.25, 0.3) is 12.2 Å². The second-order valence-electron chi connectivity index (χ2n) is 6.84. The van der Waals surface area contributed by atoms with E-state index in [1.807, 2.05) is 55.5 Å². The fraction of sp³-hybridized carbons (Fsp3) is 0.174. The summed E-state index contributed by atoms with van der Waals surface area (Å²) in [5, 5.41) is 14.5. The van der Waals surface area contributed by atoms with Crippen molar-refractivity contribution in [3.8, 4) is 0 Å². The monoisotopic (exact) mass is 375 g/mol. The van der Waals surface area contributed by atoms with Gasteiger partial charge in [0.25, 0.3) is 5.91 Å². The van der Waals surface area contributed by atoms with E-state index in [-0.39, 0.29) is 5.91 Å². The Morgan fingerprint density at radius 3 is 2.61 bits per heavy atom. The molecule has 142 valence electrons. The lowest BCUT2D eigenvalue weighted by atomic mass is 9.77. The minimum Gasteiger partial charge on any atom is -0.465 e. The number of benzene rings is 2. The average molecular weight is 375 g/mol. The summed E-state index contributed by atoms with van der Waals surface area (Å²) in [4.78, 5) is 12.6. The molecule has 2 unspecified atom stereocenters. The summed E-state index contributed by atoms with van der Waals surface area (Å²) in [6, 6.07) is 16.6. The fourth-order valence-electron chi connectivity index (χ4n) is 3.62. The van der Waals surface area contributed by atoms with Crippen molar-refractivity contribution >= 4 is 23.7 Å². The van der Waals surface area contributed by atoms with Crippen molar-refractivity contribution in [2.24, 2.45) is 0 Å². The number of carbonyl (C=O) groups excluding carboxylic acids is 1. The topological polar surface area (TPSA) is 71.7 Å². The van der Waals surface area contributed by atoms with Gasteiger partial charge in [-0.15, -0.1) is 0 Å². The number of rotatable bonds is 4. The van der Waals surface area contributed by atoms with Crippen molar-refractivity contribution in [2.45, 2.75) is 18.6 Å². The van der Waals surface area contributed by atoms with Gasteiger partial charge in [0.1, 0.15) is 5.76 Å². The molecule has 0 fully saturated rings. The Hall–Kier alpha value is -3.15. The SMILES string of the molecule is COC1C(=O)Nc2ccc(C=Cc3occc3C)cc2C1(O)c1ccccc1. The maximum Gasteiger partial charge on any atom is 0.257 e. The second kappa shape index (κ2) is 7.11. The van der Waals surface area contributed by atoms with Gasteiger partial charge in [-0.2, -0.15) is 0 Å². The predicted octanol–water partition coefficient (Wildman–Crippen LogP) is 3.96. The minimum atomic E-state index is -1.60. The average Bonchev–Trinajstić information content (AvgIpc) is 3.12. The first kappa shape index (κ1) is 18.2. The van der Waals surface area contributed by atoms with Crippen LogP contribution >= 0.6 is 0 Å². The molecule has 28 heavy (non-hydrogen) atoms. The third-order valence-electron chi connectivity index (χ3n) is 5.11. The number of ether oxygens (including phenoxy) is 1. The molecule has 0 aliphatic carbocycles.